The Labute approximate surface area is 158 Å². The Balaban J connectivity index is -0.000000162. The molecular weight excluding hydrogens is 360 g/mol. The predicted octanol–water partition coefficient (Wildman–Crippen LogP) is -0.679. The number of Topliss-reactive ketones (excluding diaryl/α,β-unsaturated/α-hetero) is 1. The minimum atomic E-state index is -2.20. The first-order valence-electron chi connectivity index (χ1n) is 6.84. The maximum absolute atomic E-state index is 12.5. The van der Waals surface area contributed by atoms with Crippen molar-refractivity contribution in [2.75, 3.05) is 0 Å². The first-order chi connectivity index (χ1) is 8.71. The molecule has 0 amide bonds. The van der Waals surface area contributed by atoms with E-state index in [4.69, 9.17) is 9.47 Å². The van der Waals surface area contributed by atoms with E-state index in [0.717, 1.165) is 0 Å². The minimum absolute atomic E-state index is 0. The molecule has 0 aliphatic rings. The van der Waals surface area contributed by atoms with Crippen LogP contribution in [0.2, 0.25) is 0 Å². The van der Waals surface area contributed by atoms with Crippen molar-refractivity contribution in [3.63, 3.8) is 0 Å². The van der Waals surface area contributed by atoms with Crippen LogP contribution in [0.4, 0.5) is 0 Å². The summed E-state index contributed by atoms with van der Waals surface area (Å²) in [5.74, 6) is -4.47. The van der Waals surface area contributed by atoms with Crippen molar-refractivity contribution >= 4 is 11.8 Å². The fourth-order valence-electron chi connectivity index (χ4n) is 1.94. The van der Waals surface area contributed by atoms with E-state index in [1.165, 1.54) is 0 Å². The third kappa shape index (κ3) is 10.5. The molecule has 0 radical (unpaired) electrons. The number of hydrogen-bond acceptors (Lipinski definition) is 4. The predicted molar refractivity (Wildman–Crippen MR) is 86.3 cm³/mol. The Morgan fingerprint density at radius 3 is 1.33 bits per heavy atom. The van der Waals surface area contributed by atoms with Gasteiger partial charge in [-0.2, -0.15) is 0 Å². The molecule has 0 spiro atoms. The molecule has 0 atom stereocenters. The molecule has 9 N–H and O–H groups in total. The van der Waals surface area contributed by atoms with Gasteiger partial charge in [-0.15, -0.1) is 0 Å². The van der Waals surface area contributed by atoms with E-state index in [0.29, 0.717) is 12.8 Å². The van der Waals surface area contributed by atoms with Crippen molar-refractivity contribution in [1.82, 2.24) is 0 Å². The molecule has 0 saturated carbocycles. The van der Waals surface area contributed by atoms with Crippen LogP contribution < -0.4 is 0 Å². The summed E-state index contributed by atoms with van der Waals surface area (Å²) < 4.78 is 10.8. The second-order valence-electron chi connectivity index (χ2n) is 5.13. The molecule has 0 bridgehead atoms. The number of carboxylic acids is 1. The maximum atomic E-state index is 12.5. The zero-order valence-electron chi connectivity index (χ0n) is 15.2. The van der Waals surface area contributed by atoms with Gasteiger partial charge in [0.1, 0.15) is 0 Å². The number of carbonyl (C=O) groups excluding carboxylic acids is 1. The van der Waals surface area contributed by atoms with Gasteiger partial charge in [0, 0.05) is 27.6 Å². The molecule has 0 saturated heterocycles. The summed E-state index contributed by atoms with van der Waals surface area (Å²) in [7, 11) is 0. The van der Waals surface area contributed by atoms with Gasteiger partial charge in [-0.25, -0.2) is 4.79 Å². The van der Waals surface area contributed by atoms with Gasteiger partial charge >= 0.3 is 11.8 Å². The van der Waals surface area contributed by atoms with Crippen LogP contribution in [0.25, 0.3) is 0 Å². The van der Waals surface area contributed by atoms with E-state index < -0.39 is 29.7 Å². The molecule has 0 aromatic heterocycles. The van der Waals surface area contributed by atoms with Gasteiger partial charge in [0.05, 0.1) is 12.2 Å². The van der Waals surface area contributed by atoms with Gasteiger partial charge < -0.3 is 36.5 Å². The van der Waals surface area contributed by atoms with Gasteiger partial charge in [0.25, 0.3) is 0 Å². The maximum Gasteiger partial charge on any atom is 0.372 e. The van der Waals surface area contributed by atoms with Crippen molar-refractivity contribution in [3.05, 3.63) is 0 Å². The fourth-order valence-corrected chi connectivity index (χ4v) is 1.94. The summed E-state index contributed by atoms with van der Waals surface area (Å²) >= 11 is 0. The standard InChI is InChI=1S/C14H26O5.4H2O.Ti/c1-7-11(8-2)12(15)14(13(16)17,18-9(3)4)19-10(5)6;;;;;/h9-11H,7-8H2,1-6H3,(H,16,17);4*1H2;. The monoisotopic (exact) mass is 394 g/mol. The number of ether oxygens (including phenoxy) is 2. The average molecular weight is 394 g/mol. The Morgan fingerprint density at radius 1 is 0.875 bits per heavy atom. The van der Waals surface area contributed by atoms with Crippen molar-refractivity contribution < 1.29 is 67.8 Å². The van der Waals surface area contributed by atoms with E-state index in [9.17, 15) is 14.7 Å². The van der Waals surface area contributed by atoms with Crippen molar-refractivity contribution in [1.29, 1.82) is 0 Å². The Kier molecular flexibility index (Phi) is 28.3. The van der Waals surface area contributed by atoms with Crippen LogP contribution in [-0.2, 0) is 40.8 Å². The number of aliphatic carboxylic acids is 1. The normalized spacial score (nSPS) is 9.88. The zero-order valence-corrected chi connectivity index (χ0v) is 16.8. The summed E-state index contributed by atoms with van der Waals surface area (Å²) in [6.07, 6.45) is 0.280. The van der Waals surface area contributed by atoms with Crippen molar-refractivity contribution in [2.45, 2.75) is 72.4 Å². The quantitative estimate of drug-likeness (QED) is 0.306. The molecule has 0 unspecified atom stereocenters. The van der Waals surface area contributed by atoms with Crippen LogP contribution in [0.1, 0.15) is 54.4 Å². The van der Waals surface area contributed by atoms with Crippen molar-refractivity contribution in [3.8, 4) is 0 Å². The van der Waals surface area contributed by atoms with E-state index >= 15 is 0 Å². The first kappa shape index (κ1) is 38.9. The van der Waals surface area contributed by atoms with Gasteiger partial charge in [-0.1, -0.05) is 13.8 Å². The molecule has 9 nitrogen and oxygen atoms in total. The molecule has 24 heavy (non-hydrogen) atoms. The zero-order chi connectivity index (χ0) is 15.2. The summed E-state index contributed by atoms with van der Waals surface area (Å²) in [5, 5.41) is 9.46. The number of carboxylic acid groups (broad SMARTS) is 1. The van der Waals surface area contributed by atoms with E-state index in [2.05, 4.69) is 0 Å². The number of ketones is 1. The summed E-state index contributed by atoms with van der Waals surface area (Å²) in [6.45, 7) is 10.4. The molecule has 148 valence electrons. The fraction of sp³-hybridized carbons (Fsp3) is 0.857. The summed E-state index contributed by atoms with van der Waals surface area (Å²) in [6, 6.07) is 0. The molecule has 0 rings (SSSR count). The smallest absolute Gasteiger partial charge is 0.372 e. The molecular formula is C14H34O9Ti. The minimum Gasteiger partial charge on any atom is -0.477 e. The van der Waals surface area contributed by atoms with E-state index in [1.54, 1.807) is 27.7 Å². The second-order valence-corrected chi connectivity index (χ2v) is 5.13. The molecule has 0 aliphatic carbocycles. The number of hydrogen-bond donors (Lipinski definition) is 1. The number of carbonyl (C=O) groups is 2. The van der Waals surface area contributed by atoms with Crippen LogP contribution in [-0.4, -0.2) is 56.8 Å². The summed E-state index contributed by atoms with van der Waals surface area (Å²) in [4.78, 5) is 24.1. The molecule has 0 aliphatic heterocycles. The van der Waals surface area contributed by atoms with Gasteiger partial charge in [-0.05, 0) is 40.5 Å². The topological polar surface area (TPSA) is 199 Å². The molecule has 0 aromatic rings. The van der Waals surface area contributed by atoms with Gasteiger partial charge in [0.2, 0.25) is 5.78 Å². The van der Waals surface area contributed by atoms with Crippen LogP contribution in [0.15, 0.2) is 0 Å². The number of rotatable bonds is 9. The van der Waals surface area contributed by atoms with Crippen LogP contribution in [0.3, 0.4) is 0 Å². The molecule has 0 heterocycles. The third-order valence-corrected chi connectivity index (χ3v) is 2.77. The van der Waals surface area contributed by atoms with Gasteiger partial charge in [-0.3, -0.25) is 4.79 Å². The van der Waals surface area contributed by atoms with Crippen LogP contribution in [0.5, 0.6) is 0 Å². The van der Waals surface area contributed by atoms with Crippen LogP contribution in [0, 0.1) is 5.92 Å². The SMILES string of the molecule is CCC(CC)C(=O)C(OC(C)C)(OC(C)C)C(=O)O.O.O.O.O.[Ti]. The Bertz CT molecular complexity index is 307. The third-order valence-electron chi connectivity index (χ3n) is 2.77. The second kappa shape index (κ2) is 17.4. The van der Waals surface area contributed by atoms with Gasteiger partial charge in [0.15, 0.2) is 0 Å². The first-order valence-corrected chi connectivity index (χ1v) is 6.84. The Hall–Kier alpha value is -0.386. The molecule has 0 fully saturated rings. The summed E-state index contributed by atoms with van der Waals surface area (Å²) in [5.41, 5.74) is 0. The largest absolute Gasteiger partial charge is 0.477 e. The van der Waals surface area contributed by atoms with Crippen LogP contribution >= 0.6 is 0 Å². The van der Waals surface area contributed by atoms with E-state index in [-0.39, 0.29) is 49.5 Å². The molecule has 0 aromatic carbocycles. The molecule has 10 heteroatoms. The average Bonchev–Trinajstić information content (AvgIpc) is 2.27. The van der Waals surface area contributed by atoms with Crippen molar-refractivity contribution in [2.24, 2.45) is 5.92 Å². The van der Waals surface area contributed by atoms with E-state index in [1.807, 2.05) is 13.8 Å². The Morgan fingerprint density at radius 2 is 1.17 bits per heavy atom.